The van der Waals surface area contributed by atoms with Gasteiger partial charge in [0.05, 0.1) is 4.90 Å². The minimum Gasteiger partial charge on any atom is -0.298 e. The van der Waals surface area contributed by atoms with E-state index in [-0.39, 0.29) is 10.8 Å². The first-order valence-corrected chi connectivity index (χ1v) is 9.16. The van der Waals surface area contributed by atoms with E-state index in [1.54, 1.807) is 18.2 Å². The van der Waals surface area contributed by atoms with E-state index in [9.17, 15) is 13.2 Å². The Morgan fingerprint density at radius 1 is 1.09 bits per heavy atom. The highest BCUT2D eigenvalue weighted by molar-refractivity contribution is 7.89. The Labute approximate surface area is 140 Å². The molecule has 1 N–H and O–H groups in total. The summed E-state index contributed by atoms with van der Waals surface area (Å²) in [6.45, 7) is 0.371. The van der Waals surface area contributed by atoms with Crippen LogP contribution in [0.15, 0.2) is 47.4 Å². The third kappa shape index (κ3) is 3.63. The zero-order chi connectivity index (χ0) is 16.4. The first-order valence-electron chi connectivity index (χ1n) is 7.30. The van der Waals surface area contributed by atoms with Gasteiger partial charge in [0.15, 0.2) is 0 Å². The lowest BCUT2D eigenvalue weighted by atomic mass is 10.1. The third-order valence-electron chi connectivity index (χ3n) is 4.07. The molecule has 0 aromatic heterocycles. The molecule has 0 bridgehead atoms. The van der Waals surface area contributed by atoms with Crippen LogP contribution in [-0.4, -0.2) is 21.2 Å². The Morgan fingerprint density at radius 3 is 2.48 bits per heavy atom. The maximum absolute atomic E-state index is 12.3. The molecule has 0 aliphatic heterocycles. The van der Waals surface area contributed by atoms with Gasteiger partial charge in [0.1, 0.15) is 6.29 Å². The average Bonchev–Trinajstić information content (AvgIpc) is 2.95. The van der Waals surface area contributed by atoms with Gasteiger partial charge in [0, 0.05) is 17.1 Å². The molecule has 0 saturated heterocycles. The molecule has 0 radical (unpaired) electrons. The summed E-state index contributed by atoms with van der Waals surface area (Å²) in [6, 6.07) is 11.7. The van der Waals surface area contributed by atoms with Crippen LogP contribution in [0.4, 0.5) is 0 Å². The molecule has 1 atom stereocenters. The maximum Gasteiger partial charge on any atom is 0.240 e. The lowest BCUT2D eigenvalue weighted by Gasteiger charge is -2.11. The number of carbonyl (C=O) groups excluding carboxylic acids is 1. The van der Waals surface area contributed by atoms with Crippen LogP contribution >= 0.6 is 11.6 Å². The van der Waals surface area contributed by atoms with Crippen molar-refractivity contribution in [3.05, 3.63) is 64.2 Å². The molecule has 3 rings (SSSR count). The summed E-state index contributed by atoms with van der Waals surface area (Å²) in [5, 5.41) is 0.501. The molecule has 2 aromatic rings. The lowest BCUT2D eigenvalue weighted by Crippen LogP contribution is -2.29. The number of fused-ring (bicyclic) bond motifs is 1. The van der Waals surface area contributed by atoms with Crippen molar-refractivity contribution in [2.75, 3.05) is 6.54 Å². The van der Waals surface area contributed by atoms with Crippen molar-refractivity contribution in [2.24, 2.45) is 5.92 Å². The van der Waals surface area contributed by atoms with E-state index in [1.165, 1.54) is 17.7 Å². The molecule has 23 heavy (non-hydrogen) atoms. The molecule has 6 heteroatoms. The van der Waals surface area contributed by atoms with Gasteiger partial charge in [0.2, 0.25) is 10.0 Å². The minimum absolute atomic E-state index is 0.203. The summed E-state index contributed by atoms with van der Waals surface area (Å²) in [6.07, 6.45) is 2.43. The van der Waals surface area contributed by atoms with E-state index in [1.807, 2.05) is 12.1 Å². The lowest BCUT2D eigenvalue weighted by molar-refractivity contribution is 0.112. The summed E-state index contributed by atoms with van der Waals surface area (Å²) in [5.41, 5.74) is 2.97. The highest BCUT2D eigenvalue weighted by Crippen LogP contribution is 2.27. The van der Waals surface area contributed by atoms with Gasteiger partial charge < -0.3 is 0 Å². The highest BCUT2D eigenvalue weighted by Gasteiger charge is 2.24. The van der Waals surface area contributed by atoms with Crippen molar-refractivity contribution in [3.8, 4) is 0 Å². The number of aldehydes is 1. The van der Waals surface area contributed by atoms with Crippen LogP contribution < -0.4 is 4.72 Å². The number of nitrogens with one attached hydrogen (secondary N) is 1. The monoisotopic (exact) mass is 349 g/mol. The topological polar surface area (TPSA) is 63.2 Å². The molecule has 4 nitrogen and oxygen atoms in total. The van der Waals surface area contributed by atoms with Crippen LogP contribution in [0.3, 0.4) is 0 Å². The number of hydrogen-bond acceptors (Lipinski definition) is 3. The van der Waals surface area contributed by atoms with Crippen LogP contribution in [-0.2, 0) is 22.9 Å². The van der Waals surface area contributed by atoms with Crippen molar-refractivity contribution in [1.82, 2.24) is 4.72 Å². The molecular weight excluding hydrogens is 334 g/mol. The Balaban J connectivity index is 1.65. The predicted octanol–water partition coefficient (Wildman–Crippen LogP) is 2.85. The van der Waals surface area contributed by atoms with Crippen LogP contribution in [0.1, 0.15) is 21.5 Å². The van der Waals surface area contributed by atoms with Gasteiger partial charge in [-0.2, -0.15) is 0 Å². The van der Waals surface area contributed by atoms with Crippen molar-refractivity contribution in [1.29, 1.82) is 0 Å². The van der Waals surface area contributed by atoms with Gasteiger partial charge in [-0.05, 0) is 60.2 Å². The SMILES string of the molecule is O=Cc1ccc2c(c1)CC(CNS(=O)(=O)c1ccc(Cl)cc1)C2. The molecule has 0 heterocycles. The standard InChI is InChI=1S/C17H16ClNO3S/c18-16-3-5-17(6-4-16)23(21,22)19-10-13-8-14-2-1-12(11-20)7-15(14)9-13/h1-7,11,13,19H,8-10H2. The molecule has 1 aliphatic carbocycles. The van der Waals surface area contributed by atoms with Crippen molar-refractivity contribution in [3.63, 3.8) is 0 Å². The van der Waals surface area contributed by atoms with E-state index in [0.717, 1.165) is 24.7 Å². The number of hydrogen-bond donors (Lipinski definition) is 1. The van der Waals surface area contributed by atoms with Crippen molar-refractivity contribution >= 4 is 27.9 Å². The molecule has 0 spiro atoms. The fraction of sp³-hybridized carbons (Fsp3) is 0.235. The van der Waals surface area contributed by atoms with Gasteiger partial charge in [-0.25, -0.2) is 13.1 Å². The van der Waals surface area contributed by atoms with Gasteiger partial charge in [-0.3, -0.25) is 4.79 Å². The molecule has 0 amide bonds. The molecule has 2 aromatic carbocycles. The first kappa shape index (κ1) is 16.2. The van der Waals surface area contributed by atoms with E-state index >= 15 is 0 Å². The Hall–Kier alpha value is -1.69. The van der Waals surface area contributed by atoms with E-state index < -0.39 is 10.0 Å². The van der Waals surface area contributed by atoms with Crippen molar-refractivity contribution < 1.29 is 13.2 Å². The zero-order valence-corrected chi connectivity index (χ0v) is 13.9. The fourth-order valence-corrected chi connectivity index (χ4v) is 4.11. The second kappa shape index (κ2) is 6.43. The van der Waals surface area contributed by atoms with Crippen molar-refractivity contribution in [2.45, 2.75) is 17.7 Å². The van der Waals surface area contributed by atoms with Crippen LogP contribution in [0.25, 0.3) is 0 Å². The van der Waals surface area contributed by atoms with Gasteiger partial charge >= 0.3 is 0 Å². The third-order valence-corrected chi connectivity index (χ3v) is 5.76. The highest BCUT2D eigenvalue weighted by atomic mass is 35.5. The second-order valence-electron chi connectivity index (χ2n) is 5.73. The Morgan fingerprint density at radius 2 is 1.78 bits per heavy atom. The van der Waals surface area contributed by atoms with Gasteiger partial charge in [-0.1, -0.05) is 23.7 Å². The zero-order valence-electron chi connectivity index (χ0n) is 12.3. The summed E-state index contributed by atoms with van der Waals surface area (Å²) < 4.78 is 27.2. The molecular formula is C17H16ClNO3S. The summed E-state index contributed by atoms with van der Waals surface area (Å²) in [7, 11) is -3.53. The predicted molar refractivity (Wildman–Crippen MR) is 89.4 cm³/mol. The Bertz CT molecular complexity index is 831. The Kier molecular flexibility index (Phi) is 4.53. The quantitative estimate of drug-likeness (QED) is 0.844. The first-order chi connectivity index (χ1) is 11.0. The van der Waals surface area contributed by atoms with E-state index in [4.69, 9.17) is 11.6 Å². The number of sulfonamides is 1. The molecule has 1 aliphatic rings. The number of benzene rings is 2. The summed E-state index contributed by atoms with van der Waals surface area (Å²) >= 11 is 5.78. The largest absolute Gasteiger partial charge is 0.298 e. The van der Waals surface area contributed by atoms with Crippen LogP contribution in [0.2, 0.25) is 5.02 Å². The molecule has 0 saturated carbocycles. The van der Waals surface area contributed by atoms with E-state index in [0.29, 0.717) is 17.1 Å². The number of halogens is 1. The van der Waals surface area contributed by atoms with Crippen LogP contribution in [0, 0.1) is 5.92 Å². The molecule has 0 fully saturated rings. The number of rotatable bonds is 5. The molecule has 1 unspecified atom stereocenters. The minimum atomic E-state index is -3.53. The second-order valence-corrected chi connectivity index (χ2v) is 7.93. The summed E-state index contributed by atoms with van der Waals surface area (Å²) in [4.78, 5) is 11.0. The fourth-order valence-electron chi connectivity index (χ4n) is 2.87. The average molecular weight is 350 g/mol. The molecule has 120 valence electrons. The van der Waals surface area contributed by atoms with Gasteiger partial charge in [-0.15, -0.1) is 0 Å². The smallest absolute Gasteiger partial charge is 0.240 e. The van der Waals surface area contributed by atoms with E-state index in [2.05, 4.69) is 4.72 Å². The van der Waals surface area contributed by atoms with Crippen LogP contribution in [0.5, 0.6) is 0 Å². The van der Waals surface area contributed by atoms with Gasteiger partial charge in [0.25, 0.3) is 0 Å². The maximum atomic E-state index is 12.3. The summed E-state index contributed by atoms with van der Waals surface area (Å²) in [5.74, 6) is 0.203. The normalized spacial score (nSPS) is 17.0. The number of carbonyl (C=O) groups is 1.